The van der Waals surface area contributed by atoms with Gasteiger partial charge in [0.2, 0.25) is 0 Å². The second-order valence-electron chi connectivity index (χ2n) is 11.4. The van der Waals surface area contributed by atoms with Crippen molar-refractivity contribution in [2.24, 2.45) is 11.3 Å². The Bertz CT molecular complexity index is 1160. The summed E-state index contributed by atoms with van der Waals surface area (Å²) in [6.07, 6.45) is -5.87. The van der Waals surface area contributed by atoms with Gasteiger partial charge in [0, 0.05) is 38.4 Å². The molecule has 3 fully saturated rings. The lowest BCUT2D eigenvalue weighted by Gasteiger charge is -2.42. The van der Waals surface area contributed by atoms with Crippen LogP contribution in [0.25, 0.3) is 0 Å². The molecule has 1 atom stereocenters. The zero-order valence-electron chi connectivity index (χ0n) is 22.3. The van der Waals surface area contributed by atoms with Crippen LogP contribution in [0.5, 0.6) is 0 Å². The molecule has 3 saturated heterocycles. The van der Waals surface area contributed by atoms with Gasteiger partial charge in [0.25, 0.3) is 0 Å². The first-order chi connectivity index (χ1) is 18.7. The summed E-state index contributed by atoms with van der Waals surface area (Å²) >= 11 is 0. The molecule has 0 bridgehead atoms. The predicted molar refractivity (Wildman–Crippen MR) is 136 cm³/mol. The predicted octanol–water partition coefficient (Wildman–Crippen LogP) is 7.02. The summed E-state index contributed by atoms with van der Waals surface area (Å²) in [6.45, 7) is 2.57. The van der Waals surface area contributed by atoms with Crippen LogP contribution in [0.4, 0.5) is 43.1 Å². The van der Waals surface area contributed by atoms with Crippen molar-refractivity contribution < 1.29 is 52.0 Å². The van der Waals surface area contributed by atoms with Crippen LogP contribution in [-0.4, -0.2) is 78.5 Å². The largest absolute Gasteiger partial charge is 0.481 e. The van der Waals surface area contributed by atoms with Crippen molar-refractivity contribution in [3.63, 3.8) is 0 Å². The molecular weight excluding hydrogens is 590 g/mol. The summed E-state index contributed by atoms with van der Waals surface area (Å²) in [5, 5.41) is 9.25. The smallest absolute Gasteiger partial charge is 0.425 e. The van der Waals surface area contributed by atoms with Gasteiger partial charge in [-0.3, -0.25) is 9.69 Å². The average Bonchev–Trinajstić information content (AvgIpc) is 3.27. The number of carboxylic acid groups (broad SMARTS) is 1. The van der Waals surface area contributed by atoms with E-state index in [9.17, 15) is 47.3 Å². The van der Waals surface area contributed by atoms with Crippen molar-refractivity contribution >= 4 is 28.0 Å². The number of benzene rings is 1. The number of carbonyl (C=O) groups is 2. The molecule has 41 heavy (non-hydrogen) atoms. The molecule has 3 aliphatic heterocycles. The number of carbonyl (C=O) groups excluding carboxylic acids is 1. The number of alkyl halides is 3. The molecule has 0 saturated carbocycles. The number of carboxylic acids is 1. The maximum absolute atomic E-state index is 13.6. The Morgan fingerprint density at radius 3 is 2.15 bits per heavy atom. The van der Waals surface area contributed by atoms with E-state index in [2.05, 4.69) is 4.74 Å². The molecule has 0 radical (unpaired) electrons. The van der Waals surface area contributed by atoms with Gasteiger partial charge in [-0.15, -0.1) is 0 Å². The van der Waals surface area contributed by atoms with E-state index in [4.69, 9.17) is 0 Å². The molecule has 7 nitrogen and oxygen atoms in total. The van der Waals surface area contributed by atoms with Gasteiger partial charge in [-0.1, -0.05) is 25.5 Å². The van der Waals surface area contributed by atoms with E-state index >= 15 is 0 Å². The van der Waals surface area contributed by atoms with Crippen molar-refractivity contribution in [2.45, 2.75) is 62.7 Å². The van der Waals surface area contributed by atoms with Gasteiger partial charge in [0.1, 0.15) is 4.90 Å². The number of anilines is 1. The van der Waals surface area contributed by atoms with Gasteiger partial charge in [-0.05, 0) is 75.2 Å². The van der Waals surface area contributed by atoms with Gasteiger partial charge < -0.3 is 19.6 Å². The van der Waals surface area contributed by atoms with Crippen molar-refractivity contribution in [2.75, 3.05) is 44.2 Å². The zero-order chi connectivity index (χ0) is 30.5. The first-order valence-corrected chi connectivity index (χ1v) is 15.2. The van der Waals surface area contributed by atoms with E-state index in [-0.39, 0.29) is 56.7 Å². The highest BCUT2D eigenvalue weighted by Crippen LogP contribution is 3.02. The SMILES string of the molecule is CC(OC(=O)N1CCC2(CCN(Cc3ccc(S(F)(F)(F)(F)F)cc3N3CCC(C(=O)O)CC3)CC2)C1)C(F)(F)F. The number of piperidine rings is 2. The third kappa shape index (κ3) is 7.48. The molecule has 1 aromatic rings. The molecule has 3 aliphatic rings. The maximum Gasteiger partial charge on any atom is 0.425 e. The minimum absolute atomic E-state index is 0.00607. The maximum atomic E-state index is 13.6. The average molecular weight is 624 g/mol. The zero-order valence-corrected chi connectivity index (χ0v) is 23.1. The quantitative estimate of drug-likeness (QED) is 0.344. The Labute approximate surface area is 232 Å². The summed E-state index contributed by atoms with van der Waals surface area (Å²) in [5.74, 6) is -1.67. The van der Waals surface area contributed by atoms with Gasteiger partial charge in [0.05, 0.1) is 5.92 Å². The monoisotopic (exact) mass is 623 g/mol. The number of nitrogens with zero attached hydrogens (tertiary/aromatic N) is 3. The van der Waals surface area contributed by atoms with Crippen molar-refractivity contribution in [1.82, 2.24) is 9.80 Å². The molecule has 1 N–H and O–H groups in total. The second kappa shape index (κ2) is 10.1. The van der Waals surface area contributed by atoms with Gasteiger partial charge in [0.15, 0.2) is 6.10 Å². The molecule has 4 rings (SSSR count). The minimum Gasteiger partial charge on any atom is -0.481 e. The highest BCUT2D eigenvalue weighted by atomic mass is 32.5. The van der Waals surface area contributed by atoms with E-state index in [1.165, 1.54) is 9.80 Å². The Morgan fingerprint density at radius 1 is 1.02 bits per heavy atom. The Kier molecular flexibility index (Phi) is 7.71. The lowest BCUT2D eigenvalue weighted by Crippen LogP contribution is -2.43. The fourth-order valence-corrected chi connectivity index (χ4v) is 6.46. The summed E-state index contributed by atoms with van der Waals surface area (Å²) in [6, 6.07) is 1.90. The summed E-state index contributed by atoms with van der Waals surface area (Å²) in [7, 11) is -9.96. The fourth-order valence-electron chi connectivity index (χ4n) is 5.80. The number of halogens is 8. The van der Waals surface area contributed by atoms with E-state index in [1.54, 1.807) is 0 Å². The van der Waals surface area contributed by atoms with Crippen LogP contribution in [0.2, 0.25) is 0 Å². The second-order valence-corrected chi connectivity index (χ2v) is 13.8. The normalized spacial score (nSPS) is 23.2. The molecule has 1 amide bonds. The van der Waals surface area contributed by atoms with Crippen LogP contribution < -0.4 is 4.90 Å². The van der Waals surface area contributed by atoms with E-state index in [0.29, 0.717) is 50.0 Å². The molecule has 3 heterocycles. The highest BCUT2D eigenvalue weighted by molar-refractivity contribution is 8.45. The number of aliphatic carboxylic acids is 1. The Balaban J connectivity index is 1.44. The van der Waals surface area contributed by atoms with Gasteiger partial charge >= 0.3 is 28.5 Å². The first-order valence-electron chi connectivity index (χ1n) is 13.3. The first kappa shape index (κ1) is 31.4. The standard InChI is InChI=1S/C25H33F8N3O4S/c1-17(25(26,27)28)40-23(39)36-13-8-24(16-36)6-11-34(12-7-24)15-19-2-3-20(41(29,30,31,32)33)14-21(19)35-9-4-18(5-10-35)22(37)38/h2-3,14,17-18H,4-13,15-16H2,1H3,(H,37,38). The molecule has 1 unspecified atom stereocenters. The van der Waals surface area contributed by atoms with Gasteiger partial charge in [-0.25, -0.2) is 4.79 Å². The number of amides is 1. The third-order valence-electron chi connectivity index (χ3n) is 8.43. The molecule has 16 heteroatoms. The van der Waals surface area contributed by atoms with Crippen LogP contribution >= 0.6 is 10.2 Å². The molecule has 0 aliphatic carbocycles. The topological polar surface area (TPSA) is 73.3 Å². The molecule has 1 aromatic carbocycles. The van der Waals surface area contributed by atoms with E-state index < -0.39 is 45.4 Å². The van der Waals surface area contributed by atoms with E-state index in [1.807, 2.05) is 4.90 Å². The van der Waals surface area contributed by atoms with Crippen molar-refractivity contribution in [3.8, 4) is 0 Å². The van der Waals surface area contributed by atoms with Crippen LogP contribution in [0.1, 0.15) is 44.6 Å². The Morgan fingerprint density at radius 2 is 1.61 bits per heavy atom. The van der Waals surface area contributed by atoms with Crippen LogP contribution in [0.3, 0.4) is 0 Å². The summed E-state index contributed by atoms with van der Waals surface area (Å²) in [4.78, 5) is 26.3. The number of hydrogen-bond donors (Lipinski definition) is 1. The highest BCUT2D eigenvalue weighted by Gasteiger charge is 2.65. The summed E-state index contributed by atoms with van der Waals surface area (Å²) in [5.41, 5.74) is 0.0662. The lowest BCUT2D eigenvalue weighted by atomic mass is 9.77. The van der Waals surface area contributed by atoms with Gasteiger partial charge in [-0.2, -0.15) is 13.2 Å². The molecular formula is C25H33F8N3O4S. The number of hydrogen-bond acceptors (Lipinski definition) is 5. The van der Waals surface area contributed by atoms with E-state index in [0.717, 1.165) is 13.0 Å². The molecule has 1 spiro atoms. The van der Waals surface area contributed by atoms with Crippen LogP contribution in [-0.2, 0) is 16.1 Å². The van der Waals surface area contributed by atoms with Crippen LogP contribution in [0.15, 0.2) is 23.1 Å². The third-order valence-corrected chi connectivity index (χ3v) is 9.58. The van der Waals surface area contributed by atoms with Crippen molar-refractivity contribution in [3.05, 3.63) is 23.8 Å². The number of rotatable bonds is 6. The molecule has 234 valence electrons. The fraction of sp³-hybridized carbons (Fsp3) is 0.680. The minimum atomic E-state index is -9.96. The number of likely N-dealkylation sites (tertiary alicyclic amines) is 2. The van der Waals surface area contributed by atoms with Crippen LogP contribution in [0, 0.1) is 11.3 Å². The Hall–Kier alpha value is -2.49. The summed E-state index contributed by atoms with van der Waals surface area (Å²) < 4.78 is 111. The lowest BCUT2D eigenvalue weighted by molar-refractivity contribution is -0.199. The molecule has 0 aromatic heterocycles. The van der Waals surface area contributed by atoms with Crippen molar-refractivity contribution in [1.29, 1.82) is 0 Å². The number of ether oxygens (including phenoxy) is 1.